The van der Waals surface area contributed by atoms with Crippen LogP contribution in [0.1, 0.15) is 16.8 Å². The molecule has 0 aromatic heterocycles. The molecule has 0 bridgehead atoms. The van der Waals surface area contributed by atoms with E-state index in [2.05, 4.69) is 4.72 Å². The maximum atomic E-state index is 12.7. The van der Waals surface area contributed by atoms with Crippen molar-refractivity contribution in [2.75, 3.05) is 39.8 Å². The normalized spacial score (nSPS) is 14.3. The van der Waals surface area contributed by atoms with Crippen LogP contribution in [-0.2, 0) is 14.8 Å². The van der Waals surface area contributed by atoms with Gasteiger partial charge in [0.2, 0.25) is 15.9 Å². The first kappa shape index (κ1) is 23.7. The zero-order valence-corrected chi connectivity index (χ0v) is 19.8. The molecule has 0 atom stereocenters. The molecule has 1 aliphatic rings. The van der Waals surface area contributed by atoms with E-state index in [4.69, 9.17) is 4.74 Å². The van der Waals surface area contributed by atoms with Crippen LogP contribution < -0.4 is 9.46 Å². The predicted molar refractivity (Wildman–Crippen MR) is 129 cm³/mol. The standard InChI is InChI=1S/C25H27N3O5S/c1-33-22-9-6-20(7-10-22)25(30)28-16-14-27(15-17-28)24(29)12-13-26-34(31,32)23-11-8-19-4-2-3-5-21(19)18-23/h2-11,18,26H,12-17H2,1H3. The van der Waals surface area contributed by atoms with Gasteiger partial charge in [-0.2, -0.15) is 0 Å². The number of carbonyl (C=O) groups is 2. The van der Waals surface area contributed by atoms with Crippen molar-refractivity contribution in [3.63, 3.8) is 0 Å². The van der Waals surface area contributed by atoms with Crippen molar-refractivity contribution in [3.05, 3.63) is 72.3 Å². The Bertz CT molecular complexity index is 1280. The number of rotatable bonds is 7. The number of nitrogens with zero attached hydrogens (tertiary/aromatic N) is 2. The number of benzene rings is 3. The molecule has 0 aliphatic carbocycles. The van der Waals surface area contributed by atoms with Crippen molar-refractivity contribution in [1.82, 2.24) is 14.5 Å². The molecule has 0 saturated carbocycles. The number of methoxy groups -OCH3 is 1. The molecule has 34 heavy (non-hydrogen) atoms. The maximum Gasteiger partial charge on any atom is 0.253 e. The average molecular weight is 482 g/mol. The van der Waals surface area contributed by atoms with Crippen molar-refractivity contribution in [3.8, 4) is 5.75 Å². The minimum absolute atomic E-state index is 0.0129. The molecule has 0 radical (unpaired) electrons. The summed E-state index contributed by atoms with van der Waals surface area (Å²) >= 11 is 0. The zero-order chi connectivity index (χ0) is 24.1. The Kier molecular flexibility index (Phi) is 7.14. The van der Waals surface area contributed by atoms with Gasteiger partial charge in [-0.15, -0.1) is 0 Å². The number of hydrogen-bond donors (Lipinski definition) is 1. The Labute approximate surface area is 199 Å². The summed E-state index contributed by atoms with van der Waals surface area (Å²) in [6.07, 6.45) is 0.0548. The first-order valence-electron chi connectivity index (χ1n) is 11.1. The van der Waals surface area contributed by atoms with E-state index in [9.17, 15) is 18.0 Å². The molecule has 3 aromatic carbocycles. The monoisotopic (exact) mass is 481 g/mol. The fourth-order valence-corrected chi connectivity index (χ4v) is 5.01. The van der Waals surface area contributed by atoms with Gasteiger partial charge in [0.25, 0.3) is 5.91 Å². The highest BCUT2D eigenvalue weighted by Crippen LogP contribution is 2.19. The fourth-order valence-electron chi connectivity index (χ4n) is 3.94. The smallest absolute Gasteiger partial charge is 0.253 e. The second kappa shape index (κ2) is 10.2. The van der Waals surface area contributed by atoms with Crippen molar-refractivity contribution in [2.24, 2.45) is 0 Å². The Balaban J connectivity index is 1.26. The summed E-state index contributed by atoms with van der Waals surface area (Å²) in [5, 5.41) is 1.80. The van der Waals surface area contributed by atoms with Gasteiger partial charge in [0, 0.05) is 44.7 Å². The van der Waals surface area contributed by atoms with E-state index in [0.29, 0.717) is 37.5 Å². The van der Waals surface area contributed by atoms with Crippen molar-refractivity contribution < 1.29 is 22.7 Å². The van der Waals surface area contributed by atoms with Crippen LogP contribution in [0.25, 0.3) is 10.8 Å². The summed E-state index contributed by atoms with van der Waals surface area (Å²) < 4.78 is 32.9. The quantitative estimate of drug-likeness (QED) is 0.559. The Morgan fingerprint density at radius 3 is 2.21 bits per heavy atom. The molecule has 4 rings (SSSR count). The van der Waals surface area contributed by atoms with Gasteiger partial charge >= 0.3 is 0 Å². The van der Waals surface area contributed by atoms with E-state index in [1.807, 2.05) is 24.3 Å². The predicted octanol–water partition coefficient (Wildman–Crippen LogP) is 2.50. The zero-order valence-electron chi connectivity index (χ0n) is 18.9. The molecular weight excluding hydrogens is 454 g/mol. The molecule has 0 spiro atoms. The van der Waals surface area contributed by atoms with Crippen LogP contribution in [0, 0.1) is 0 Å². The summed E-state index contributed by atoms with van der Waals surface area (Å²) in [6, 6.07) is 19.4. The third-order valence-corrected chi connectivity index (χ3v) is 7.38. The lowest BCUT2D eigenvalue weighted by Gasteiger charge is -2.35. The number of hydrogen-bond acceptors (Lipinski definition) is 5. The largest absolute Gasteiger partial charge is 0.497 e. The Morgan fingerprint density at radius 1 is 0.882 bits per heavy atom. The summed E-state index contributed by atoms with van der Waals surface area (Å²) in [5.41, 5.74) is 0.573. The number of nitrogens with one attached hydrogen (secondary N) is 1. The SMILES string of the molecule is COc1ccc(C(=O)N2CCN(C(=O)CCNS(=O)(=O)c3ccc4ccccc4c3)CC2)cc1. The lowest BCUT2D eigenvalue weighted by molar-refractivity contribution is -0.132. The van der Waals surface area contributed by atoms with Crippen LogP contribution in [0.4, 0.5) is 0 Å². The lowest BCUT2D eigenvalue weighted by atomic mass is 10.1. The van der Waals surface area contributed by atoms with Gasteiger partial charge in [-0.3, -0.25) is 9.59 Å². The molecule has 0 unspecified atom stereocenters. The van der Waals surface area contributed by atoms with E-state index in [1.165, 1.54) is 0 Å². The molecule has 8 nitrogen and oxygen atoms in total. The highest BCUT2D eigenvalue weighted by atomic mass is 32.2. The molecule has 178 valence electrons. The number of sulfonamides is 1. The van der Waals surface area contributed by atoms with Gasteiger partial charge < -0.3 is 14.5 Å². The molecule has 1 saturated heterocycles. The highest BCUT2D eigenvalue weighted by Gasteiger charge is 2.25. The number of carbonyl (C=O) groups excluding carboxylic acids is 2. The van der Waals surface area contributed by atoms with Gasteiger partial charge in [0.05, 0.1) is 12.0 Å². The van der Waals surface area contributed by atoms with E-state index >= 15 is 0 Å². The molecule has 3 aromatic rings. The molecule has 2 amide bonds. The van der Waals surface area contributed by atoms with Crippen molar-refractivity contribution in [2.45, 2.75) is 11.3 Å². The summed E-state index contributed by atoms with van der Waals surface area (Å²) in [5.74, 6) is 0.457. The van der Waals surface area contributed by atoms with Crippen LogP contribution in [-0.4, -0.2) is 69.9 Å². The number of ether oxygens (including phenoxy) is 1. The van der Waals surface area contributed by atoms with E-state index in [1.54, 1.807) is 59.4 Å². The van der Waals surface area contributed by atoms with Gasteiger partial charge in [-0.1, -0.05) is 30.3 Å². The van der Waals surface area contributed by atoms with Gasteiger partial charge in [0.1, 0.15) is 5.75 Å². The molecule has 1 fully saturated rings. The summed E-state index contributed by atoms with van der Waals surface area (Å²) in [4.78, 5) is 28.8. The molecule has 1 heterocycles. The number of fused-ring (bicyclic) bond motifs is 1. The first-order chi connectivity index (χ1) is 16.4. The number of amides is 2. The molecule has 1 aliphatic heterocycles. The van der Waals surface area contributed by atoms with E-state index in [0.717, 1.165) is 10.8 Å². The maximum absolute atomic E-state index is 12.7. The fraction of sp³-hybridized carbons (Fsp3) is 0.280. The second-order valence-corrected chi connectivity index (χ2v) is 9.83. The molecular formula is C25H27N3O5S. The Hall–Kier alpha value is -3.43. The van der Waals surface area contributed by atoms with Gasteiger partial charge in [0.15, 0.2) is 0 Å². The lowest BCUT2D eigenvalue weighted by Crippen LogP contribution is -2.51. The van der Waals surface area contributed by atoms with Crippen LogP contribution in [0.5, 0.6) is 5.75 Å². The summed E-state index contributed by atoms with van der Waals surface area (Å²) in [7, 11) is -2.15. The van der Waals surface area contributed by atoms with Crippen LogP contribution in [0.2, 0.25) is 0 Å². The highest BCUT2D eigenvalue weighted by molar-refractivity contribution is 7.89. The van der Waals surface area contributed by atoms with Crippen molar-refractivity contribution in [1.29, 1.82) is 0 Å². The summed E-state index contributed by atoms with van der Waals surface area (Å²) in [6.45, 7) is 1.70. The minimum atomic E-state index is -3.72. The van der Waals surface area contributed by atoms with Gasteiger partial charge in [-0.25, -0.2) is 13.1 Å². The topological polar surface area (TPSA) is 96.0 Å². The molecule has 9 heteroatoms. The van der Waals surface area contributed by atoms with Crippen LogP contribution >= 0.6 is 0 Å². The Morgan fingerprint density at radius 2 is 1.53 bits per heavy atom. The van der Waals surface area contributed by atoms with Crippen LogP contribution in [0.15, 0.2) is 71.6 Å². The van der Waals surface area contributed by atoms with Crippen molar-refractivity contribution >= 4 is 32.6 Å². The van der Waals surface area contributed by atoms with E-state index in [-0.39, 0.29) is 29.7 Å². The second-order valence-electron chi connectivity index (χ2n) is 8.06. The van der Waals surface area contributed by atoms with E-state index < -0.39 is 10.0 Å². The minimum Gasteiger partial charge on any atom is -0.497 e. The third kappa shape index (κ3) is 5.37. The average Bonchev–Trinajstić information content (AvgIpc) is 2.88. The third-order valence-electron chi connectivity index (χ3n) is 5.92. The van der Waals surface area contributed by atoms with Crippen LogP contribution in [0.3, 0.4) is 0 Å². The number of piperazine rings is 1. The van der Waals surface area contributed by atoms with Gasteiger partial charge in [-0.05, 0) is 47.2 Å². The molecule has 1 N–H and O–H groups in total. The first-order valence-corrected chi connectivity index (χ1v) is 12.6.